The van der Waals surface area contributed by atoms with Gasteiger partial charge in [-0.1, -0.05) is 213 Å². The van der Waals surface area contributed by atoms with Crippen LogP contribution in [0.3, 0.4) is 0 Å². The van der Waals surface area contributed by atoms with Crippen molar-refractivity contribution in [2.75, 3.05) is 0 Å². The summed E-state index contributed by atoms with van der Waals surface area (Å²) in [6.45, 7) is 9.82. The maximum atomic E-state index is 14.4. The molecule has 1 aliphatic carbocycles. The van der Waals surface area contributed by atoms with Crippen molar-refractivity contribution < 1.29 is 135 Å². The molecule has 0 fully saturated rings. The molecule has 8 aromatic heterocycles. The summed E-state index contributed by atoms with van der Waals surface area (Å²) in [6.07, 6.45) is 14.7. The van der Waals surface area contributed by atoms with Crippen molar-refractivity contribution in [3.63, 3.8) is 0 Å². The molecule has 22 aromatic rings. The van der Waals surface area contributed by atoms with E-state index in [1.54, 1.807) is 30.6 Å². The van der Waals surface area contributed by atoms with Crippen LogP contribution >= 0.6 is 0 Å². The zero-order chi connectivity index (χ0) is 97.1. The van der Waals surface area contributed by atoms with Crippen LogP contribution in [0.1, 0.15) is 63.2 Å². The van der Waals surface area contributed by atoms with E-state index in [1.165, 1.54) is 117 Å². The predicted molar refractivity (Wildman–Crippen MR) is 560 cm³/mol. The number of fused-ring (bicyclic) bond motifs is 9. The minimum Gasteiger partial charge on any atom is -0.512 e. The number of ketones is 2. The van der Waals surface area contributed by atoms with Gasteiger partial charge in [0.1, 0.15) is 5.69 Å². The van der Waals surface area contributed by atoms with Crippen LogP contribution in [0.5, 0.6) is 0 Å². The fourth-order valence-corrected chi connectivity index (χ4v) is 15.7. The predicted octanol–water partition coefficient (Wildman–Crippen LogP) is 29.5. The first-order valence-corrected chi connectivity index (χ1v) is 44.7. The molecule has 8 heterocycles. The summed E-state index contributed by atoms with van der Waals surface area (Å²) < 4.78 is 14.4. The van der Waals surface area contributed by atoms with Crippen molar-refractivity contribution in [2.24, 2.45) is 0 Å². The average molecular weight is 2770 g/mol. The molecular formula is C124H94FIr5N8O6-7. The van der Waals surface area contributed by atoms with Crippen molar-refractivity contribution >= 4 is 93.1 Å². The number of carbonyl (C=O) groups excluding carboxylic acids is 2. The summed E-state index contributed by atoms with van der Waals surface area (Å²) in [6, 6.07) is 150. The SMILES string of the molecule is CC(=O)C=C(C)O.CC(=O)C=C(C)O.CC1(C)c2c([c-]ccc2F)-c2nccc3cccc1c23.O=C(O)c1ccccn1.[Ir].[Ir].[Ir].[Ir].[Ir].[c-]1ccc2ccccc2c1-c1ccccn1.[c-]1ccccc1-c1ccccn1.[c-]1ccccc1-c1nc2ccccc2c2ccccc12.[c-]1ccccc1-c1nccc2ccccc12.[c-]1ccccc1-c1nccc2ccccc12.[c-]1ccccc1-c1nccc2ccccc12. The molecular weight excluding hydrogens is 2680 g/mol. The summed E-state index contributed by atoms with van der Waals surface area (Å²) in [5.74, 6) is -1.30. The molecule has 0 amide bonds. The molecule has 0 saturated carbocycles. The molecule has 0 aliphatic heterocycles. The number of para-hydroxylation sites is 1. The topological polar surface area (TPSA) is 215 Å². The summed E-state index contributed by atoms with van der Waals surface area (Å²) in [4.78, 5) is 65.0. The molecule has 0 spiro atoms. The Bertz CT molecular complexity index is 7400. The summed E-state index contributed by atoms with van der Waals surface area (Å²) >= 11 is 0. The number of aromatic nitrogens is 8. The minimum absolute atomic E-state index is 0. The number of rotatable bonds is 9. The first-order valence-electron chi connectivity index (χ1n) is 44.7. The van der Waals surface area contributed by atoms with E-state index < -0.39 is 5.97 Å². The standard InChI is InChI=1S/C19H12N.C18H13FN.4C15H10N.C11H8N.C6H5NO2.2C5H8O2.5Ir/c1-2-8-14(9-3-1)19-17-12-5-4-10-15(17)16-11-6-7-13-18(16)20-19;1-18(2)13-7-3-5-11-9-10-20-17(15(11)13)12-6-4-8-14(19)16(12)18;1-2-8-13-12(6-1)7-5-9-14(13)15-10-3-4-11-16-15;3*1-2-7-13(8-3-1)15-14-9-5-4-6-12(14)10-11-16-15;1-2-6-10(7-3-1)11-8-4-5-9-12-11;8-6(9)5-3-1-2-4-7-5;2*1-4(6)3-5(2)7;;;;;/h1-8,10-13H;3-5,7-10H,1-2H3;1-8,10-11H;3*1-7,9-11H;1-6,8-9H;1-4H,(H,8,9);2*3,6H,1-2H3;;;;;/q7*-1;;;;;;;;. The van der Waals surface area contributed by atoms with Crippen molar-refractivity contribution in [3.05, 3.63) is 520 Å². The number of pyridine rings is 8. The number of halogens is 1. The van der Waals surface area contributed by atoms with Gasteiger partial charge >= 0.3 is 5.97 Å². The van der Waals surface area contributed by atoms with Gasteiger partial charge in [0.25, 0.3) is 0 Å². The van der Waals surface area contributed by atoms with E-state index in [0.29, 0.717) is 5.56 Å². The summed E-state index contributed by atoms with van der Waals surface area (Å²) in [5.41, 5.74) is 16.4. The second-order valence-electron chi connectivity index (χ2n) is 32.0. The normalized spacial score (nSPS) is 10.8. The number of carboxylic acid groups (broad SMARTS) is 1. The van der Waals surface area contributed by atoms with Crippen molar-refractivity contribution in [3.8, 4) is 78.8 Å². The van der Waals surface area contributed by atoms with E-state index in [1.807, 2.05) is 267 Å². The monoisotopic (exact) mass is 2770 g/mol. The van der Waals surface area contributed by atoms with Gasteiger partial charge in [-0.05, 0) is 187 Å². The van der Waals surface area contributed by atoms with Crippen LogP contribution in [-0.4, -0.2) is 72.7 Å². The Morgan fingerprint density at radius 2 is 0.639 bits per heavy atom. The second kappa shape index (κ2) is 57.3. The van der Waals surface area contributed by atoms with Crippen LogP contribution in [0.25, 0.3) is 154 Å². The van der Waals surface area contributed by atoms with E-state index in [-0.39, 0.29) is 141 Å². The summed E-state index contributed by atoms with van der Waals surface area (Å²) in [5, 5.41) is 40.5. The summed E-state index contributed by atoms with van der Waals surface area (Å²) in [7, 11) is 0. The molecule has 14 nitrogen and oxygen atoms in total. The van der Waals surface area contributed by atoms with Gasteiger partial charge in [-0.2, -0.15) is 0 Å². The number of hydrogen-bond acceptors (Lipinski definition) is 13. The maximum Gasteiger partial charge on any atom is 0.354 e. The van der Waals surface area contributed by atoms with Crippen molar-refractivity contribution in [1.29, 1.82) is 0 Å². The van der Waals surface area contributed by atoms with Crippen molar-refractivity contribution in [1.82, 2.24) is 39.9 Å². The molecule has 14 aromatic carbocycles. The minimum atomic E-state index is -0.990. The number of carboxylic acids is 1. The third-order valence-electron chi connectivity index (χ3n) is 21.8. The van der Waals surface area contributed by atoms with E-state index in [2.05, 4.69) is 206 Å². The number of benzene rings is 14. The number of allylic oxidation sites excluding steroid dienone is 4. The number of aliphatic hydroxyl groups is 2. The molecule has 144 heavy (non-hydrogen) atoms. The second-order valence-corrected chi connectivity index (χ2v) is 32.0. The van der Waals surface area contributed by atoms with Gasteiger partial charge in [-0.15, -0.1) is 232 Å². The zero-order valence-electron chi connectivity index (χ0n) is 78.8. The van der Waals surface area contributed by atoms with Crippen LogP contribution in [0.4, 0.5) is 4.39 Å². The third-order valence-corrected chi connectivity index (χ3v) is 21.8. The number of aromatic carboxylic acids is 1. The Hall–Kier alpha value is -14.8. The third kappa shape index (κ3) is 30.6. The Labute approximate surface area is 905 Å². The molecule has 23 rings (SSSR count). The Morgan fingerprint density at radius 1 is 0.285 bits per heavy atom. The Kier molecular flexibility index (Phi) is 44.9. The Balaban J connectivity index is 0.000000180. The smallest absolute Gasteiger partial charge is 0.354 e. The molecule has 1 aliphatic rings. The van der Waals surface area contributed by atoms with Crippen molar-refractivity contribution in [2.45, 2.75) is 47.0 Å². The van der Waals surface area contributed by atoms with E-state index >= 15 is 0 Å². The van der Waals surface area contributed by atoms with Crippen LogP contribution in [0.15, 0.2) is 455 Å². The molecule has 0 atom stereocenters. The van der Waals surface area contributed by atoms with E-state index in [4.69, 9.17) is 20.3 Å². The molecule has 0 saturated heterocycles. The van der Waals surface area contributed by atoms with E-state index in [9.17, 15) is 18.8 Å². The van der Waals surface area contributed by atoms with Crippen LogP contribution in [0, 0.1) is 48.3 Å². The first-order chi connectivity index (χ1) is 67.9. The Morgan fingerprint density at radius 3 is 1.05 bits per heavy atom. The largest absolute Gasteiger partial charge is 0.512 e. The van der Waals surface area contributed by atoms with Crippen LogP contribution < -0.4 is 0 Å². The average Bonchev–Trinajstić information content (AvgIpc) is 0.714. The van der Waals surface area contributed by atoms with Gasteiger partial charge in [-0.3, -0.25) is 14.6 Å². The van der Waals surface area contributed by atoms with E-state index in [0.717, 1.165) is 101 Å². The number of aliphatic hydroxyl groups excluding tert-OH is 2. The van der Waals surface area contributed by atoms with Gasteiger partial charge in [0.2, 0.25) is 0 Å². The fourth-order valence-electron chi connectivity index (χ4n) is 15.7. The first kappa shape index (κ1) is 113. The zero-order valence-corrected chi connectivity index (χ0v) is 90.8. The molecule has 0 bridgehead atoms. The molecule has 3 N–H and O–H groups in total. The van der Waals surface area contributed by atoms with Crippen LogP contribution in [0.2, 0.25) is 0 Å². The number of hydrogen-bond donors (Lipinski definition) is 3. The quantitative estimate of drug-likeness (QED) is 0.0531. The van der Waals surface area contributed by atoms with Gasteiger partial charge in [-0.25, -0.2) is 14.2 Å². The molecule has 5 radical (unpaired) electrons. The molecule has 0 unspecified atom stereocenters. The van der Waals surface area contributed by atoms with Crippen LogP contribution in [-0.2, 0) is 116 Å². The number of carbonyl (C=O) groups is 3. The molecule has 725 valence electrons. The molecule has 20 heteroatoms. The number of nitrogens with zero attached hydrogens (tertiary/aromatic N) is 8. The maximum absolute atomic E-state index is 14.4. The van der Waals surface area contributed by atoms with Gasteiger partial charge < -0.3 is 45.2 Å². The van der Waals surface area contributed by atoms with Gasteiger partial charge in [0.15, 0.2) is 11.6 Å². The fraction of sp³-hybridized carbons (Fsp3) is 0.0565. The van der Waals surface area contributed by atoms with Gasteiger partial charge in [0.05, 0.1) is 17.0 Å². The van der Waals surface area contributed by atoms with Gasteiger partial charge in [0, 0.05) is 167 Å².